The molecule has 10 heteroatoms. The Labute approximate surface area is 183 Å². The number of anilines is 1. The molecule has 6 nitrogen and oxygen atoms in total. The highest BCUT2D eigenvalue weighted by molar-refractivity contribution is 5.91. The molecule has 3 heterocycles. The second kappa shape index (κ2) is 7.74. The van der Waals surface area contributed by atoms with E-state index in [4.69, 9.17) is 4.74 Å². The first kappa shape index (κ1) is 22.5. The van der Waals surface area contributed by atoms with Crippen molar-refractivity contribution in [1.82, 2.24) is 14.9 Å². The summed E-state index contributed by atoms with van der Waals surface area (Å²) in [6, 6.07) is 2.53. The lowest BCUT2D eigenvalue weighted by Crippen LogP contribution is -2.61. The molecule has 0 unspecified atom stereocenters. The Morgan fingerprint density at radius 3 is 2.38 bits per heavy atom. The Kier molecular flexibility index (Phi) is 5.45. The number of carbonyl (C=O) groups is 1. The fraction of sp³-hybridized carbons (Fsp3) is 0.591. The molecular formula is C22H26F4N4O2. The number of hydrogen-bond donors (Lipinski definition) is 0. The zero-order valence-corrected chi connectivity index (χ0v) is 18.3. The van der Waals surface area contributed by atoms with Gasteiger partial charge >= 0.3 is 12.3 Å². The van der Waals surface area contributed by atoms with Crippen LogP contribution in [0.3, 0.4) is 0 Å². The maximum Gasteiger partial charge on any atom is 0.410 e. The van der Waals surface area contributed by atoms with Crippen molar-refractivity contribution in [1.29, 1.82) is 0 Å². The number of aromatic nitrogens is 2. The van der Waals surface area contributed by atoms with Crippen molar-refractivity contribution in [2.75, 3.05) is 31.1 Å². The number of nitrogens with zero attached hydrogens (tertiary/aromatic N) is 4. The summed E-state index contributed by atoms with van der Waals surface area (Å²) in [7, 11) is 0. The number of piperidine rings is 1. The lowest BCUT2D eigenvalue weighted by Gasteiger charge is -2.54. The van der Waals surface area contributed by atoms with Crippen molar-refractivity contribution in [2.45, 2.75) is 51.8 Å². The topological polar surface area (TPSA) is 58.6 Å². The minimum atomic E-state index is -4.51. The van der Waals surface area contributed by atoms with Crippen LogP contribution in [0.1, 0.15) is 39.2 Å². The molecule has 2 aliphatic heterocycles. The lowest BCUT2D eigenvalue weighted by atomic mass is 9.72. The summed E-state index contributed by atoms with van der Waals surface area (Å²) in [4.78, 5) is 24.1. The number of fused-ring (bicyclic) bond motifs is 1. The standard InChI is InChI=1S/C22H26F4N4O2/c1-20(2,3)32-19(31)29-8-6-21(7-9-29)11-30(12-21)18-16-15(27-13-28-18)5-4-14(17(16)23)10-22(24,25)26/h4-5,13H,6-12H2,1-3H3. The molecule has 0 saturated carbocycles. The molecule has 0 atom stereocenters. The third-order valence-electron chi connectivity index (χ3n) is 6.02. The average Bonchev–Trinajstić information content (AvgIpc) is 2.66. The van der Waals surface area contributed by atoms with Gasteiger partial charge in [-0.3, -0.25) is 0 Å². The first-order chi connectivity index (χ1) is 14.9. The fourth-order valence-corrected chi connectivity index (χ4v) is 4.45. The summed E-state index contributed by atoms with van der Waals surface area (Å²) in [5.41, 5.74) is -0.723. The summed E-state index contributed by atoms with van der Waals surface area (Å²) in [5.74, 6) is -0.604. The SMILES string of the molecule is CC(C)(C)OC(=O)N1CCC2(CC1)CN(c1ncnc3ccc(CC(F)(F)F)c(F)c13)C2. The second-order valence-corrected chi connectivity index (χ2v) is 9.75. The van der Waals surface area contributed by atoms with E-state index < -0.39 is 29.6 Å². The largest absolute Gasteiger partial charge is 0.444 e. The van der Waals surface area contributed by atoms with Crippen LogP contribution in [-0.4, -0.2) is 58.9 Å². The highest BCUT2D eigenvalue weighted by atomic mass is 19.4. The number of halogens is 4. The van der Waals surface area contributed by atoms with E-state index in [1.807, 2.05) is 25.7 Å². The van der Waals surface area contributed by atoms with Crippen LogP contribution >= 0.6 is 0 Å². The molecule has 1 spiro atoms. The Morgan fingerprint density at radius 1 is 1.12 bits per heavy atom. The highest BCUT2D eigenvalue weighted by Gasteiger charge is 2.47. The van der Waals surface area contributed by atoms with Gasteiger partial charge in [-0.2, -0.15) is 13.2 Å². The number of hydrogen-bond acceptors (Lipinski definition) is 5. The number of benzene rings is 1. The van der Waals surface area contributed by atoms with Crippen LogP contribution in [0.2, 0.25) is 0 Å². The number of alkyl halides is 3. The normalized spacial score (nSPS) is 18.7. The maximum absolute atomic E-state index is 15.0. The third kappa shape index (κ3) is 4.59. The number of ether oxygens (including phenoxy) is 1. The third-order valence-corrected chi connectivity index (χ3v) is 6.02. The first-order valence-electron chi connectivity index (χ1n) is 10.6. The molecule has 2 aromatic rings. The van der Waals surface area contributed by atoms with Crippen LogP contribution < -0.4 is 4.90 Å². The van der Waals surface area contributed by atoms with Crippen molar-refractivity contribution in [3.8, 4) is 0 Å². The summed E-state index contributed by atoms with van der Waals surface area (Å²) in [6.45, 7) is 7.81. The fourth-order valence-electron chi connectivity index (χ4n) is 4.45. The molecule has 0 N–H and O–H groups in total. The van der Waals surface area contributed by atoms with Crippen LogP contribution in [0.15, 0.2) is 18.5 Å². The summed E-state index contributed by atoms with van der Waals surface area (Å²) < 4.78 is 58.9. The van der Waals surface area contributed by atoms with E-state index in [2.05, 4.69) is 9.97 Å². The van der Waals surface area contributed by atoms with Crippen LogP contribution in [0, 0.1) is 11.2 Å². The lowest BCUT2D eigenvalue weighted by molar-refractivity contribution is -0.127. The molecule has 174 valence electrons. The van der Waals surface area contributed by atoms with Crippen molar-refractivity contribution < 1.29 is 27.1 Å². The molecule has 1 aromatic heterocycles. The summed E-state index contributed by atoms with van der Waals surface area (Å²) >= 11 is 0. The molecule has 2 saturated heterocycles. The number of rotatable bonds is 2. The van der Waals surface area contributed by atoms with Gasteiger partial charge in [0.2, 0.25) is 0 Å². The second-order valence-electron chi connectivity index (χ2n) is 9.75. The minimum absolute atomic E-state index is 0.0234. The van der Waals surface area contributed by atoms with Gasteiger partial charge in [-0.15, -0.1) is 0 Å². The van der Waals surface area contributed by atoms with Crippen LogP contribution in [-0.2, 0) is 11.2 Å². The van der Waals surface area contributed by atoms with E-state index in [1.165, 1.54) is 12.4 Å². The Balaban J connectivity index is 1.48. The predicted octanol–water partition coefficient (Wildman–Crippen LogP) is 4.71. The van der Waals surface area contributed by atoms with E-state index in [9.17, 15) is 18.0 Å². The van der Waals surface area contributed by atoms with Gasteiger partial charge in [0.15, 0.2) is 0 Å². The van der Waals surface area contributed by atoms with Gasteiger partial charge in [-0.05, 0) is 45.2 Å². The van der Waals surface area contributed by atoms with Gasteiger partial charge in [0.05, 0.1) is 17.3 Å². The number of carbonyl (C=O) groups excluding carboxylic acids is 1. The van der Waals surface area contributed by atoms with Gasteiger partial charge in [0.1, 0.15) is 23.6 Å². The van der Waals surface area contributed by atoms with Crippen LogP contribution in [0.5, 0.6) is 0 Å². The van der Waals surface area contributed by atoms with E-state index in [0.717, 1.165) is 18.9 Å². The smallest absolute Gasteiger partial charge is 0.410 e. The highest BCUT2D eigenvalue weighted by Crippen LogP contribution is 2.44. The number of likely N-dealkylation sites (tertiary alicyclic amines) is 1. The van der Waals surface area contributed by atoms with Crippen molar-refractivity contribution in [3.63, 3.8) is 0 Å². The maximum atomic E-state index is 15.0. The van der Waals surface area contributed by atoms with Crippen molar-refractivity contribution >= 4 is 22.8 Å². The molecule has 1 amide bonds. The summed E-state index contributed by atoms with van der Waals surface area (Å²) in [5, 5.41) is 0.0234. The zero-order valence-electron chi connectivity index (χ0n) is 18.3. The van der Waals surface area contributed by atoms with Crippen molar-refractivity contribution in [3.05, 3.63) is 29.8 Å². The molecule has 2 fully saturated rings. The van der Waals surface area contributed by atoms with Gasteiger partial charge in [-0.1, -0.05) is 6.07 Å². The number of amides is 1. The Hall–Kier alpha value is -2.65. The molecular weight excluding hydrogens is 428 g/mol. The average molecular weight is 454 g/mol. The van der Waals surface area contributed by atoms with E-state index in [-0.39, 0.29) is 22.4 Å². The quantitative estimate of drug-likeness (QED) is 0.615. The molecule has 32 heavy (non-hydrogen) atoms. The molecule has 0 radical (unpaired) electrons. The molecule has 4 rings (SSSR count). The monoisotopic (exact) mass is 454 g/mol. The molecule has 1 aromatic carbocycles. The first-order valence-corrected chi connectivity index (χ1v) is 10.6. The molecule has 2 aliphatic rings. The van der Waals surface area contributed by atoms with E-state index in [0.29, 0.717) is 32.0 Å². The molecule has 0 aliphatic carbocycles. The van der Waals surface area contributed by atoms with E-state index >= 15 is 4.39 Å². The Bertz CT molecular complexity index is 1020. The van der Waals surface area contributed by atoms with Gasteiger partial charge < -0.3 is 14.5 Å². The zero-order chi connectivity index (χ0) is 23.3. The summed E-state index contributed by atoms with van der Waals surface area (Å²) in [6.07, 6.45) is -3.33. The predicted molar refractivity (Wildman–Crippen MR) is 111 cm³/mol. The van der Waals surface area contributed by atoms with Crippen molar-refractivity contribution in [2.24, 2.45) is 5.41 Å². The molecule has 0 bridgehead atoms. The van der Waals surface area contributed by atoms with Gasteiger partial charge in [-0.25, -0.2) is 19.2 Å². The van der Waals surface area contributed by atoms with Gasteiger partial charge in [0, 0.05) is 31.6 Å². The Morgan fingerprint density at radius 2 is 1.78 bits per heavy atom. The minimum Gasteiger partial charge on any atom is -0.444 e. The van der Waals surface area contributed by atoms with Gasteiger partial charge in [0.25, 0.3) is 0 Å². The van der Waals surface area contributed by atoms with Crippen LogP contribution in [0.25, 0.3) is 10.9 Å². The van der Waals surface area contributed by atoms with E-state index in [1.54, 1.807) is 4.90 Å². The van der Waals surface area contributed by atoms with Crippen LogP contribution in [0.4, 0.5) is 28.2 Å².